The van der Waals surface area contributed by atoms with Crippen molar-refractivity contribution < 1.29 is 19.5 Å². The summed E-state index contributed by atoms with van der Waals surface area (Å²) in [5.74, 6) is -0.364. The third-order valence-electron chi connectivity index (χ3n) is 4.35. The van der Waals surface area contributed by atoms with Gasteiger partial charge in [0.1, 0.15) is 18.2 Å². The van der Waals surface area contributed by atoms with Crippen LogP contribution in [-0.2, 0) is 20.9 Å². The number of ether oxygens (including phenoxy) is 1. The van der Waals surface area contributed by atoms with Gasteiger partial charge in [-0.2, -0.15) is 5.06 Å². The fraction of sp³-hybridized carbons (Fsp3) is 0.533. The van der Waals surface area contributed by atoms with E-state index in [0.29, 0.717) is 6.54 Å². The molecule has 2 aliphatic heterocycles. The number of aliphatic hydroxyl groups is 1. The molecule has 4 atom stereocenters. The quantitative estimate of drug-likeness (QED) is 0.615. The molecule has 114 valence electrons. The number of hydrogen-bond donors (Lipinski definition) is 1. The van der Waals surface area contributed by atoms with Gasteiger partial charge >= 0.3 is 5.97 Å². The number of halogens is 1. The van der Waals surface area contributed by atoms with Crippen molar-refractivity contribution in [1.82, 2.24) is 5.06 Å². The maximum Gasteiger partial charge on any atom is 0.326 e. The number of hydrogen-bond acceptors (Lipinski definition) is 5. The molecule has 0 saturated carbocycles. The van der Waals surface area contributed by atoms with Crippen molar-refractivity contribution in [2.24, 2.45) is 5.92 Å². The van der Waals surface area contributed by atoms with Crippen LogP contribution in [0.4, 0.5) is 0 Å². The molecule has 1 aromatic rings. The van der Waals surface area contributed by atoms with Gasteiger partial charge in [-0.1, -0.05) is 12.1 Å². The Balaban J connectivity index is 1.86. The molecule has 0 spiro atoms. The zero-order valence-corrected chi connectivity index (χ0v) is 14.1. The first-order chi connectivity index (χ1) is 10.0. The van der Waals surface area contributed by atoms with E-state index in [4.69, 9.17) is 9.57 Å². The normalized spacial score (nSPS) is 32.3. The summed E-state index contributed by atoms with van der Waals surface area (Å²) in [5, 5.41) is 11.2. The van der Waals surface area contributed by atoms with Crippen LogP contribution in [0.15, 0.2) is 18.2 Å². The first-order valence-corrected chi connectivity index (χ1v) is 8.09. The van der Waals surface area contributed by atoms with Crippen molar-refractivity contribution in [3.63, 3.8) is 0 Å². The number of esters is 1. The van der Waals surface area contributed by atoms with E-state index < -0.39 is 6.04 Å². The van der Waals surface area contributed by atoms with Crippen molar-refractivity contribution in [3.05, 3.63) is 32.9 Å². The molecule has 2 saturated heterocycles. The number of hydroxylamine groups is 2. The molecule has 2 fully saturated rings. The van der Waals surface area contributed by atoms with Crippen molar-refractivity contribution in [2.45, 2.75) is 38.6 Å². The molecule has 1 aromatic carbocycles. The minimum absolute atomic E-state index is 0.106. The van der Waals surface area contributed by atoms with E-state index in [1.54, 1.807) is 5.06 Å². The lowest BCUT2D eigenvalue weighted by molar-refractivity contribution is -0.195. The number of cyclic esters (lactones) is 1. The van der Waals surface area contributed by atoms with Crippen LogP contribution in [0, 0.1) is 16.4 Å². The minimum atomic E-state index is -0.422. The van der Waals surface area contributed by atoms with E-state index in [2.05, 4.69) is 35.6 Å². The predicted octanol–water partition coefficient (Wildman–Crippen LogP) is 1.64. The molecule has 5 nitrogen and oxygen atoms in total. The summed E-state index contributed by atoms with van der Waals surface area (Å²) in [6, 6.07) is 5.66. The van der Waals surface area contributed by atoms with E-state index in [9.17, 15) is 9.90 Å². The van der Waals surface area contributed by atoms with Gasteiger partial charge in [-0.15, -0.1) is 0 Å². The van der Waals surface area contributed by atoms with Crippen LogP contribution in [0.5, 0.6) is 0 Å². The maximum absolute atomic E-state index is 12.1. The molecule has 21 heavy (non-hydrogen) atoms. The molecule has 0 bridgehead atoms. The second-order valence-electron chi connectivity index (χ2n) is 5.59. The van der Waals surface area contributed by atoms with E-state index in [0.717, 1.165) is 5.56 Å². The van der Waals surface area contributed by atoms with Gasteiger partial charge in [-0.25, -0.2) is 0 Å². The molecule has 2 aliphatic rings. The molecular formula is C15H18INO4. The molecule has 6 heteroatoms. The van der Waals surface area contributed by atoms with E-state index in [1.165, 1.54) is 9.13 Å². The standard InChI is InChI=1S/C15H18INO4/c1-8-10(4-3-5-11(8)16)6-17-14-13(12(7-18)21-17)9(2)20-15(14)19/h3-5,9,12-14,18H,6-7H2,1-2H3/t9-,12-,13+,14-/m0/s1. The van der Waals surface area contributed by atoms with Crippen LogP contribution in [0.25, 0.3) is 0 Å². The van der Waals surface area contributed by atoms with Crippen LogP contribution in [-0.4, -0.2) is 41.0 Å². The fourth-order valence-electron chi connectivity index (χ4n) is 3.15. The highest BCUT2D eigenvalue weighted by molar-refractivity contribution is 14.1. The Morgan fingerprint density at radius 3 is 2.90 bits per heavy atom. The second-order valence-corrected chi connectivity index (χ2v) is 6.75. The molecule has 2 heterocycles. The van der Waals surface area contributed by atoms with E-state index >= 15 is 0 Å². The number of rotatable bonds is 3. The van der Waals surface area contributed by atoms with Gasteiger partial charge in [0, 0.05) is 3.57 Å². The maximum atomic E-state index is 12.1. The molecule has 0 aliphatic carbocycles. The lowest BCUT2D eigenvalue weighted by Crippen LogP contribution is -2.35. The van der Waals surface area contributed by atoms with Gasteiger partial charge in [-0.3, -0.25) is 9.63 Å². The number of carbonyl (C=O) groups excluding carboxylic acids is 1. The number of nitrogens with zero attached hydrogens (tertiary/aromatic N) is 1. The highest BCUT2D eigenvalue weighted by atomic mass is 127. The van der Waals surface area contributed by atoms with Gasteiger partial charge < -0.3 is 9.84 Å². The van der Waals surface area contributed by atoms with Gasteiger partial charge in [0.05, 0.1) is 19.1 Å². The Bertz CT molecular complexity index is 565. The number of benzene rings is 1. The number of aliphatic hydroxyl groups excluding tert-OH is 1. The minimum Gasteiger partial charge on any atom is -0.461 e. The summed E-state index contributed by atoms with van der Waals surface area (Å²) in [4.78, 5) is 17.9. The Labute approximate surface area is 137 Å². The summed E-state index contributed by atoms with van der Waals surface area (Å²) < 4.78 is 6.49. The van der Waals surface area contributed by atoms with Crippen molar-refractivity contribution in [1.29, 1.82) is 0 Å². The zero-order valence-electron chi connectivity index (χ0n) is 12.0. The van der Waals surface area contributed by atoms with Gasteiger partial charge in [-0.05, 0) is 53.6 Å². The summed E-state index contributed by atoms with van der Waals surface area (Å²) in [7, 11) is 0. The highest BCUT2D eigenvalue weighted by Gasteiger charge is 2.56. The van der Waals surface area contributed by atoms with Gasteiger partial charge in [0.25, 0.3) is 0 Å². The van der Waals surface area contributed by atoms with Crippen LogP contribution < -0.4 is 0 Å². The van der Waals surface area contributed by atoms with Crippen molar-refractivity contribution >= 4 is 28.6 Å². The van der Waals surface area contributed by atoms with Crippen LogP contribution in [0.2, 0.25) is 0 Å². The van der Waals surface area contributed by atoms with Crippen LogP contribution in [0.3, 0.4) is 0 Å². The molecule has 1 N–H and O–H groups in total. The Hall–Kier alpha value is -0.700. The Morgan fingerprint density at radius 2 is 2.19 bits per heavy atom. The first kappa shape index (κ1) is 15.2. The third kappa shape index (κ3) is 2.58. The van der Waals surface area contributed by atoms with E-state index in [-0.39, 0.29) is 30.7 Å². The van der Waals surface area contributed by atoms with Gasteiger partial charge in [0.15, 0.2) is 0 Å². The Morgan fingerprint density at radius 1 is 1.43 bits per heavy atom. The molecular weight excluding hydrogens is 385 g/mol. The van der Waals surface area contributed by atoms with E-state index in [1.807, 2.05) is 19.1 Å². The monoisotopic (exact) mass is 403 g/mol. The largest absolute Gasteiger partial charge is 0.461 e. The van der Waals surface area contributed by atoms with Crippen molar-refractivity contribution in [3.8, 4) is 0 Å². The topological polar surface area (TPSA) is 59.0 Å². The molecule has 0 unspecified atom stereocenters. The smallest absolute Gasteiger partial charge is 0.326 e. The first-order valence-electron chi connectivity index (χ1n) is 7.01. The third-order valence-corrected chi connectivity index (χ3v) is 5.52. The molecule has 0 aromatic heterocycles. The lowest BCUT2D eigenvalue weighted by Gasteiger charge is -2.21. The molecule has 3 rings (SSSR count). The number of fused-ring (bicyclic) bond motifs is 1. The molecule has 0 radical (unpaired) electrons. The van der Waals surface area contributed by atoms with Crippen molar-refractivity contribution in [2.75, 3.05) is 6.61 Å². The van der Waals surface area contributed by atoms with Crippen LogP contribution >= 0.6 is 22.6 Å². The summed E-state index contributed by atoms with van der Waals surface area (Å²) in [6.45, 7) is 4.32. The van der Waals surface area contributed by atoms with Crippen LogP contribution in [0.1, 0.15) is 18.1 Å². The summed E-state index contributed by atoms with van der Waals surface area (Å²) in [6.07, 6.45) is -0.596. The average Bonchev–Trinajstić information content (AvgIpc) is 2.95. The Kier molecular flexibility index (Phi) is 4.22. The fourth-order valence-corrected chi connectivity index (χ4v) is 3.71. The summed E-state index contributed by atoms with van der Waals surface area (Å²) >= 11 is 2.30. The predicted molar refractivity (Wildman–Crippen MR) is 84.2 cm³/mol. The SMILES string of the molecule is Cc1c(I)cccc1CN1O[C@@H](CO)[C@H]2[C@H](C)OC(=O)[C@H]21. The lowest BCUT2D eigenvalue weighted by atomic mass is 9.93. The molecule has 0 amide bonds. The van der Waals surface area contributed by atoms with Gasteiger partial charge in [0.2, 0.25) is 0 Å². The highest BCUT2D eigenvalue weighted by Crippen LogP contribution is 2.38. The summed E-state index contributed by atoms with van der Waals surface area (Å²) in [5.41, 5.74) is 2.30. The number of carbonyl (C=O) groups is 1. The average molecular weight is 403 g/mol. The zero-order chi connectivity index (χ0) is 15.1. The second kappa shape index (κ2) is 5.83.